The molecule has 1 rings (SSSR count). The first-order valence-corrected chi connectivity index (χ1v) is 4.50. The van der Waals surface area contributed by atoms with Gasteiger partial charge in [-0.3, -0.25) is 0 Å². The van der Waals surface area contributed by atoms with Crippen LogP contribution in [0.15, 0.2) is 24.3 Å². The molecule has 0 spiro atoms. The molecule has 2 heteroatoms. The summed E-state index contributed by atoms with van der Waals surface area (Å²) in [6, 6.07) is 0. The van der Waals surface area contributed by atoms with Gasteiger partial charge in [0.2, 0.25) is 0 Å². The quantitative estimate of drug-likeness (QED) is 0.379. The van der Waals surface area contributed by atoms with Crippen LogP contribution in [0.2, 0.25) is 0 Å². The Morgan fingerprint density at radius 3 is 2.62 bits per heavy atom. The molecule has 0 aromatic rings. The van der Waals surface area contributed by atoms with E-state index in [4.69, 9.17) is 4.74 Å². The average Bonchev–Trinajstić information content (AvgIpc) is 2.66. The second kappa shape index (κ2) is 3.36. The molecule has 2 nitrogen and oxygen atoms in total. The highest BCUT2D eigenvalue weighted by Crippen LogP contribution is 2.46. The van der Waals surface area contributed by atoms with Crippen molar-refractivity contribution in [1.29, 1.82) is 0 Å². The molecule has 1 saturated carbocycles. The van der Waals surface area contributed by atoms with Crippen molar-refractivity contribution in [3.8, 4) is 0 Å². The fourth-order valence-electron chi connectivity index (χ4n) is 1.44. The van der Waals surface area contributed by atoms with E-state index in [0.717, 1.165) is 6.42 Å². The van der Waals surface area contributed by atoms with Crippen LogP contribution < -0.4 is 0 Å². The predicted molar refractivity (Wildman–Crippen MR) is 52.2 cm³/mol. The summed E-state index contributed by atoms with van der Waals surface area (Å²) < 4.78 is 5.29. The zero-order chi connectivity index (χ0) is 10.1. The topological polar surface area (TPSA) is 26.3 Å². The molecule has 0 heterocycles. The summed E-state index contributed by atoms with van der Waals surface area (Å²) in [6.07, 6.45) is 4.10. The Kier molecular flexibility index (Phi) is 2.60. The standard InChI is InChI=1S/C11H16O2/c1-5-6-10(12)13-11(3,4)9-7-8(9)2/h5-6,9H,2,7H2,1,3-4H3/b6-5+. The Morgan fingerprint density at radius 2 is 2.23 bits per heavy atom. The van der Waals surface area contributed by atoms with Gasteiger partial charge in [-0.25, -0.2) is 4.79 Å². The molecule has 0 aliphatic heterocycles. The third-order valence-corrected chi connectivity index (χ3v) is 2.30. The van der Waals surface area contributed by atoms with Crippen LogP contribution >= 0.6 is 0 Å². The van der Waals surface area contributed by atoms with Crippen molar-refractivity contribution >= 4 is 5.97 Å². The van der Waals surface area contributed by atoms with E-state index in [1.165, 1.54) is 11.6 Å². The molecule has 0 N–H and O–H groups in total. The number of allylic oxidation sites excluding steroid dienone is 1. The molecule has 0 amide bonds. The maximum Gasteiger partial charge on any atom is 0.330 e. The Morgan fingerprint density at radius 1 is 1.69 bits per heavy atom. The van der Waals surface area contributed by atoms with Gasteiger partial charge in [0.1, 0.15) is 5.60 Å². The van der Waals surface area contributed by atoms with Crippen LogP contribution in [-0.4, -0.2) is 11.6 Å². The molecule has 0 saturated heterocycles. The summed E-state index contributed by atoms with van der Waals surface area (Å²) >= 11 is 0. The molecule has 0 aromatic heterocycles. The lowest BCUT2D eigenvalue weighted by Crippen LogP contribution is -2.29. The maximum atomic E-state index is 11.2. The van der Waals surface area contributed by atoms with E-state index in [1.54, 1.807) is 13.0 Å². The van der Waals surface area contributed by atoms with Gasteiger partial charge in [-0.05, 0) is 27.2 Å². The summed E-state index contributed by atoms with van der Waals surface area (Å²) in [5.74, 6) is 0.0777. The minimum Gasteiger partial charge on any atom is -0.456 e. The summed E-state index contributed by atoms with van der Waals surface area (Å²) in [6.45, 7) is 9.51. The Balaban J connectivity index is 2.51. The molecule has 1 fully saturated rings. The van der Waals surface area contributed by atoms with E-state index in [1.807, 2.05) is 13.8 Å². The minimum absolute atomic E-state index is 0.271. The summed E-state index contributed by atoms with van der Waals surface area (Å²) in [5.41, 5.74) is 0.784. The monoisotopic (exact) mass is 180 g/mol. The van der Waals surface area contributed by atoms with Gasteiger partial charge in [-0.2, -0.15) is 0 Å². The summed E-state index contributed by atoms with van der Waals surface area (Å²) in [5, 5.41) is 0. The number of hydrogen-bond donors (Lipinski definition) is 0. The fraction of sp³-hybridized carbons (Fsp3) is 0.545. The van der Waals surface area contributed by atoms with E-state index in [-0.39, 0.29) is 5.97 Å². The maximum absolute atomic E-state index is 11.2. The highest BCUT2D eigenvalue weighted by atomic mass is 16.6. The molecule has 1 aliphatic rings. The average molecular weight is 180 g/mol. The fourth-order valence-corrected chi connectivity index (χ4v) is 1.44. The van der Waals surface area contributed by atoms with Gasteiger partial charge in [-0.1, -0.05) is 18.2 Å². The lowest BCUT2D eigenvalue weighted by Gasteiger charge is -2.23. The molecule has 0 radical (unpaired) electrons. The molecule has 0 aromatic carbocycles. The van der Waals surface area contributed by atoms with E-state index in [2.05, 4.69) is 6.58 Å². The minimum atomic E-state index is -0.395. The van der Waals surface area contributed by atoms with Gasteiger partial charge in [0.25, 0.3) is 0 Å². The van der Waals surface area contributed by atoms with Crippen molar-refractivity contribution in [3.05, 3.63) is 24.3 Å². The van der Waals surface area contributed by atoms with Gasteiger partial charge in [0, 0.05) is 12.0 Å². The first-order chi connectivity index (χ1) is 5.97. The third kappa shape index (κ3) is 2.44. The summed E-state index contributed by atoms with van der Waals surface area (Å²) in [7, 11) is 0. The van der Waals surface area contributed by atoms with Crippen LogP contribution in [-0.2, 0) is 9.53 Å². The molecule has 0 bridgehead atoms. The van der Waals surface area contributed by atoms with E-state index < -0.39 is 5.60 Å². The number of hydrogen-bond acceptors (Lipinski definition) is 2. The number of rotatable bonds is 3. The van der Waals surface area contributed by atoms with Gasteiger partial charge < -0.3 is 4.74 Å². The van der Waals surface area contributed by atoms with E-state index >= 15 is 0 Å². The van der Waals surface area contributed by atoms with Crippen LogP contribution in [0.1, 0.15) is 27.2 Å². The molecular formula is C11H16O2. The second-order valence-electron chi connectivity index (χ2n) is 3.94. The van der Waals surface area contributed by atoms with Crippen molar-refractivity contribution in [2.24, 2.45) is 5.92 Å². The Bertz CT molecular complexity index is 261. The second-order valence-corrected chi connectivity index (χ2v) is 3.94. The van der Waals surface area contributed by atoms with Crippen molar-refractivity contribution in [2.75, 3.05) is 0 Å². The third-order valence-electron chi connectivity index (χ3n) is 2.30. The number of esters is 1. The highest BCUT2D eigenvalue weighted by molar-refractivity contribution is 5.82. The van der Waals surface area contributed by atoms with Crippen molar-refractivity contribution in [3.63, 3.8) is 0 Å². The lowest BCUT2D eigenvalue weighted by molar-refractivity contribution is -0.151. The van der Waals surface area contributed by atoms with Crippen LogP contribution in [0.25, 0.3) is 0 Å². The van der Waals surface area contributed by atoms with Crippen molar-refractivity contribution < 1.29 is 9.53 Å². The molecule has 13 heavy (non-hydrogen) atoms. The van der Waals surface area contributed by atoms with Gasteiger partial charge in [0.15, 0.2) is 0 Å². The number of carbonyl (C=O) groups is 1. The molecule has 1 atom stereocenters. The zero-order valence-electron chi connectivity index (χ0n) is 8.46. The molecular weight excluding hydrogens is 164 g/mol. The van der Waals surface area contributed by atoms with Crippen molar-refractivity contribution in [2.45, 2.75) is 32.8 Å². The first kappa shape index (κ1) is 10.0. The zero-order valence-corrected chi connectivity index (χ0v) is 8.46. The Hall–Kier alpha value is -1.05. The van der Waals surface area contributed by atoms with Gasteiger partial charge >= 0.3 is 5.97 Å². The number of ether oxygens (including phenoxy) is 1. The first-order valence-electron chi connectivity index (χ1n) is 4.50. The lowest BCUT2D eigenvalue weighted by atomic mass is 10.0. The predicted octanol–water partition coefficient (Wildman–Crippen LogP) is 2.46. The molecule has 72 valence electrons. The largest absolute Gasteiger partial charge is 0.456 e. The van der Waals surface area contributed by atoms with Crippen LogP contribution in [0.5, 0.6) is 0 Å². The van der Waals surface area contributed by atoms with E-state index in [9.17, 15) is 4.79 Å². The normalized spacial score (nSPS) is 22.1. The van der Waals surface area contributed by atoms with Gasteiger partial charge in [0.05, 0.1) is 0 Å². The van der Waals surface area contributed by atoms with Crippen LogP contribution in [0.4, 0.5) is 0 Å². The smallest absolute Gasteiger partial charge is 0.330 e. The highest BCUT2D eigenvalue weighted by Gasteiger charge is 2.44. The van der Waals surface area contributed by atoms with Crippen LogP contribution in [0.3, 0.4) is 0 Å². The van der Waals surface area contributed by atoms with Crippen LogP contribution in [0, 0.1) is 5.92 Å². The van der Waals surface area contributed by atoms with Crippen molar-refractivity contribution in [1.82, 2.24) is 0 Å². The molecule has 1 aliphatic carbocycles. The number of carbonyl (C=O) groups excluding carboxylic acids is 1. The summed E-state index contributed by atoms with van der Waals surface area (Å²) in [4.78, 5) is 11.2. The van der Waals surface area contributed by atoms with Gasteiger partial charge in [-0.15, -0.1) is 0 Å². The Labute approximate surface area is 79.3 Å². The van der Waals surface area contributed by atoms with E-state index in [0.29, 0.717) is 5.92 Å². The SMILES string of the molecule is C=C1CC1C(C)(C)OC(=O)/C=C/C. The molecule has 1 unspecified atom stereocenters.